The van der Waals surface area contributed by atoms with Gasteiger partial charge in [0, 0.05) is 22.5 Å². The van der Waals surface area contributed by atoms with Crippen LogP contribution < -0.4 is 4.90 Å². The first-order valence-corrected chi connectivity index (χ1v) is 18.8. The predicted molar refractivity (Wildman–Crippen MR) is 201 cm³/mol. The van der Waals surface area contributed by atoms with E-state index in [0.29, 0.717) is 5.41 Å². The van der Waals surface area contributed by atoms with Gasteiger partial charge < -0.3 is 4.90 Å². The molecular formula is C47H47N. The maximum absolute atomic E-state index is 2.61. The summed E-state index contributed by atoms with van der Waals surface area (Å²) in [6.45, 7) is 4.81. The molecule has 5 aromatic rings. The van der Waals surface area contributed by atoms with Crippen LogP contribution in [0.25, 0.3) is 22.3 Å². The van der Waals surface area contributed by atoms with Crippen LogP contribution in [0.4, 0.5) is 17.1 Å². The summed E-state index contributed by atoms with van der Waals surface area (Å²) < 4.78 is 0. The molecule has 0 aliphatic heterocycles. The summed E-state index contributed by atoms with van der Waals surface area (Å²) >= 11 is 0. The zero-order valence-corrected chi connectivity index (χ0v) is 28.6. The second-order valence-electron chi connectivity index (χ2n) is 16.7. The Morgan fingerprint density at radius 3 is 1.88 bits per heavy atom. The van der Waals surface area contributed by atoms with Gasteiger partial charge in [0.05, 0.1) is 0 Å². The average molecular weight is 626 g/mol. The summed E-state index contributed by atoms with van der Waals surface area (Å²) in [6.07, 6.45) is 13.6. The molecular weight excluding hydrogens is 579 g/mol. The number of para-hydroxylation sites is 1. The molecule has 0 unspecified atom stereocenters. The van der Waals surface area contributed by atoms with E-state index in [1.54, 1.807) is 16.7 Å². The summed E-state index contributed by atoms with van der Waals surface area (Å²) in [5.74, 6) is 2.73. The maximum Gasteiger partial charge on any atom is 0.0499 e. The van der Waals surface area contributed by atoms with E-state index < -0.39 is 0 Å². The molecule has 0 aromatic heterocycles. The van der Waals surface area contributed by atoms with Gasteiger partial charge in [0.25, 0.3) is 0 Å². The van der Waals surface area contributed by atoms with E-state index in [2.05, 4.69) is 128 Å². The lowest BCUT2D eigenvalue weighted by Crippen LogP contribution is -2.48. The van der Waals surface area contributed by atoms with E-state index in [0.717, 1.165) is 17.8 Å². The van der Waals surface area contributed by atoms with Gasteiger partial charge in [-0.15, -0.1) is 0 Å². The zero-order valence-electron chi connectivity index (χ0n) is 28.6. The van der Waals surface area contributed by atoms with Gasteiger partial charge in [-0.3, -0.25) is 0 Å². The number of rotatable bonds is 5. The van der Waals surface area contributed by atoms with Crippen LogP contribution in [0.2, 0.25) is 0 Å². The second-order valence-corrected chi connectivity index (χ2v) is 16.7. The molecule has 0 saturated heterocycles. The Hall–Kier alpha value is -4.10. The average Bonchev–Trinajstić information content (AvgIpc) is 3.34. The highest BCUT2D eigenvalue weighted by Crippen LogP contribution is 2.62. The molecule has 4 fully saturated rings. The SMILES string of the molecule is CC1(C)c2ccccc2-c2ccc(N(c3ccc(-c4ccc5c(c4)CCCC5)cc3)c3ccccc3C34CC5CC(CC(C5)C3)C4)cc21. The van der Waals surface area contributed by atoms with Crippen LogP contribution in [0, 0.1) is 17.8 Å². The van der Waals surface area contributed by atoms with Gasteiger partial charge in [0.2, 0.25) is 0 Å². The number of hydrogen-bond donors (Lipinski definition) is 0. The van der Waals surface area contributed by atoms with Crippen molar-refractivity contribution in [1.29, 1.82) is 0 Å². The number of aryl methyl sites for hydroxylation is 2. The van der Waals surface area contributed by atoms with Crippen molar-refractivity contribution in [3.8, 4) is 22.3 Å². The Bertz CT molecular complexity index is 2010. The first kappa shape index (κ1) is 28.9. The summed E-state index contributed by atoms with van der Waals surface area (Å²) in [6, 6.07) is 42.6. The lowest BCUT2D eigenvalue weighted by molar-refractivity contribution is -0.00491. The molecule has 1 heteroatoms. The summed E-state index contributed by atoms with van der Waals surface area (Å²) in [5, 5.41) is 0. The second kappa shape index (κ2) is 10.7. The van der Waals surface area contributed by atoms with Crippen molar-refractivity contribution in [2.45, 2.75) is 88.9 Å². The molecule has 48 heavy (non-hydrogen) atoms. The lowest BCUT2D eigenvalue weighted by Gasteiger charge is -2.57. The van der Waals surface area contributed by atoms with Crippen molar-refractivity contribution in [3.05, 3.63) is 137 Å². The van der Waals surface area contributed by atoms with Crippen LogP contribution in [-0.4, -0.2) is 0 Å². The molecule has 5 aromatic carbocycles. The first-order chi connectivity index (χ1) is 23.4. The highest BCUT2D eigenvalue weighted by atomic mass is 15.1. The topological polar surface area (TPSA) is 3.24 Å². The van der Waals surface area contributed by atoms with Gasteiger partial charge in [0.15, 0.2) is 0 Å². The predicted octanol–water partition coefficient (Wildman–Crippen LogP) is 12.5. The fraction of sp³-hybridized carbons (Fsp3) is 0.362. The molecule has 4 saturated carbocycles. The number of anilines is 3. The van der Waals surface area contributed by atoms with E-state index in [1.165, 1.54) is 115 Å². The fourth-order valence-corrected chi connectivity index (χ4v) is 11.5. The first-order valence-electron chi connectivity index (χ1n) is 18.8. The van der Waals surface area contributed by atoms with E-state index >= 15 is 0 Å². The summed E-state index contributed by atoms with van der Waals surface area (Å²) in [7, 11) is 0. The fourth-order valence-electron chi connectivity index (χ4n) is 11.5. The molecule has 1 nitrogen and oxygen atoms in total. The Morgan fingerprint density at radius 1 is 0.521 bits per heavy atom. The van der Waals surface area contributed by atoms with Crippen molar-refractivity contribution < 1.29 is 0 Å². The van der Waals surface area contributed by atoms with Crippen molar-refractivity contribution >= 4 is 17.1 Å². The van der Waals surface area contributed by atoms with Gasteiger partial charge >= 0.3 is 0 Å². The molecule has 6 aliphatic carbocycles. The Balaban J connectivity index is 1.11. The van der Waals surface area contributed by atoms with E-state index in [1.807, 2.05) is 0 Å². The van der Waals surface area contributed by atoms with Gasteiger partial charge in [0.1, 0.15) is 0 Å². The van der Waals surface area contributed by atoms with E-state index in [9.17, 15) is 0 Å². The third-order valence-electron chi connectivity index (χ3n) is 13.4. The van der Waals surface area contributed by atoms with Crippen LogP contribution in [0.15, 0.2) is 109 Å². The smallest absolute Gasteiger partial charge is 0.0499 e. The number of nitrogens with zero attached hydrogens (tertiary/aromatic N) is 1. The van der Waals surface area contributed by atoms with Crippen LogP contribution in [-0.2, 0) is 23.7 Å². The van der Waals surface area contributed by atoms with E-state index in [-0.39, 0.29) is 5.41 Å². The van der Waals surface area contributed by atoms with E-state index in [4.69, 9.17) is 0 Å². The molecule has 0 radical (unpaired) electrons. The molecule has 240 valence electrons. The standard InChI is InChI=1S/C47H47N/c1-46(2)42-12-6-5-11-40(42)41-22-21-39(27-44(41)46)48(38-19-17-35(18-20-38)37-16-15-34-9-3-4-10-36(34)26-37)45-14-8-7-13-43(45)47-28-31-23-32(29-47)25-33(24-31)30-47/h5-8,11-22,26-27,31-33H,3-4,9-10,23-25,28-30H2,1-2H3. The molecule has 0 N–H and O–H groups in total. The number of fused-ring (bicyclic) bond motifs is 4. The quantitative estimate of drug-likeness (QED) is 0.188. The normalized spacial score (nSPS) is 25.8. The van der Waals surface area contributed by atoms with Gasteiger partial charge in [-0.25, -0.2) is 0 Å². The minimum Gasteiger partial charge on any atom is -0.310 e. The van der Waals surface area contributed by atoms with Crippen LogP contribution >= 0.6 is 0 Å². The molecule has 0 amide bonds. The highest BCUT2D eigenvalue weighted by Gasteiger charge is 2.52. The lowest BCUT2D eigenvalue weighted by atomic mass is 9.48. The van der Waals surface area contributed by atoms with Crippen LogP contribution in [0.5, 0.6) is 0 Å². The molecule has 0 atom stereocenters. The largest absolute Gasteiger partial charge is 0.310 e. The van der Waals surface area contributed by atoms with Crippen molar-refractivity contribution in [2.24, 2.45) is 17.8 Å². The van der Waals surface area contributed by atoms with Crippen LogP contribution in [0.3, 0.4) is 0 Å². The third kappa shape index (κ3) is 4.42. The minimum atomic E-state index is -0.0383. The minimum absolute atomic E-state index is 0.0383. The Labute approximate surface area is 287 Å². The Kier molecular flexibility index (Phi) is 6.44. The number of benzene rings is 5. The van der Waals surface area contributed by atoms with Crippen molar-refractivity contribution in [2.75, 3.05) is 4.90 Å². The zero-order chi connectivity index (χ0) is 32.0. The summed E-state index contributed by atoms with van der Waals surface area (Å²) in [4.78, 5) is 2.61. The molecule has 6 aliphatic rings. The molecule has 4 bridgehead atoms. The maximum atomic E-state index is 2.61. The third-order valence-corrected chi connectivity index (χ3v) is 13.4. The Morgan fingerprint density at radius 2 is 1.12 bits per heavy atom. The highest BCUT2D eigenvalue weighted by molar-refractivity contribution is 5.86. The number of hydrogen-bond acceptors (Lipinski definition) is 1. The molecule has 0 spiro atoms. The van der Waals surface area contributed by atoms with Crippen molar-refractivity contribution in [1.82, 2.24) is 0 Å². The van der Waals surface area contributed by atoms with Gasteiger partial charge in [-0.05, 0) is 168 Å². The monoisotopic (exact) mass is 625 g/mol. The molecule has 11 rings (SSSR count). The summed E-state index contributed by atoms with van der Waals surface area (Å²) in [5.41, 5.74) is 17.2. The molecule has 0 heterocycles. The van der Waals surface area contributed by atoms with Crippen molar-refractivity contribution in [3.63, 3.8) is 0 Å². The van der Waals surface area contributed by atoms with Crippen LogP contribution in [0.1, 0.15) is 93.0 Å². The van der Waals surface area contributed by atoms with Gasteiger partial charge in [-0.1, -0.05) is 92.7 Å². The van der Waals surface area contributed by atoms with Gasteiger partial charge in [-0.2, -0.15) is 0 Å².